The summed E-state index contributed by atoms with van der Waals surface area (Å²) in [4.78, 5) is 71.7. The number of amides is 5. The molecule has 8 rings (SSSR count). The van der Waals surface area contributed by atoms with Gasteiger partial charge in [-0.2, -0.15) is 5.10 Å². The number of hydrogen-bond donors (Lipinski definition) is 2. The number of likely N-dealkylation sites (tertiary alicyclic amines) is 1. The molecule has 2 aromatic carbocycles. The Morgan fingerprint density at radius 3 is 2.45 bits per heavy atom. The van der Waals surface area contributed by atoms with Crippen LogP contribution in [0.4, 0.5) is 5.69 Å². The van der Waals surface area contributed by atoms with E-state index in [2.05, 4.69) is 60.1 Å². The molecule has 15 heteroatoms. The van der Waals surface area contributed by atoms with Crippen LogP contribution in [0.3, 0.4) is 0 Å². The molecule has 1 unspecified atom stereocenters. The molecule has 3 fully saturated rings. The summed E-state index contributed by atoms with van der Waals surface area (Å²) in [5.41, 5.74) is 11.7. The number of nitrogens with two attached hydrogens (primary N) is 1. The van der Waals surface area contributed by atoms with Gasteiger partial charge in [-0.3, -0.25) is 29.3 Å². The molecule has 2 aromatic heterocycles. The van der Waals surface area contributed by atoms with Gasteiger partial charge in [0.15, 0.2) is 5.65 Å². The Balaban J connectivity index is 0.00000166. The minimum atomic E-state index is -0.634. The van der Waals surface area contributed by atoms with Crippen LogP contribution in [0.1, 0.15) is 79.4 Å². The van der Waals surface area contributed by atoms with E-state index < -0.39 is 11.9 Å². The van der Waals surface area contributed by atoms with Crippen molar-refractivity contribution in [1.82, 2.24) is 34.6 Å². The third-order valence-corrected chi connectivity index (χ3v) is 11.9. The fraction of sp³-hybridized carbons (Fsp3) is 0.465. The molecule has 3 saturated heterocycles. The van der Waals surface area contributed by atoms with Crippen LogP contribution in [-0.2, 0) is 32.3 Å². The number of primary amides is 1. The first-order chi connectivity index (χ1) is 28.1. The molecule has 4 aromatic rings. The lowest BCUT2D eigenvalue weighted by atomic mass is 9.94. The van der Waals surface area contributed by atoms with Crippen LogP contribution in [0.15, 0.2) is 55.0 Å². The van der Waals surface area contributed by atoms with Gasteiger partial charge in [0.25, 0.3) is 5.91 Å². The standard InChI is InChI=1S/C42H50N8O5.CH3NO/c1-27(2)55-38-21-34-31(20-35(38)36-22-44-50-14-4-13-43-40(36)50)25-49(42(34)54)32-11-15-46(16-12-32)23-29-9-17-47(18-10-29)33-6-5-28(3)30(19-33)24-48(26-51)37-7-8-39(52)45-41(37)53;2-1-3/h4-6,13-14,19-22,26-27,29,32,37H,7-12,15-18,23-25H2,1-3H3,(H,45,52,53);1H,(H2,2,3). The first kappa shape index (κ1) is 40.4. The van der Waals surface area contributed by atoms with E-state index >= 15 is 0 Å². The van der Waals surface area contributed by atoms with Crippen LogP contribution >= 0.6 is 0 Å². The number of hydrogen-bond acceptors (Lipinski definition) is 10. The lowest BCUT2D eigenvalue weighted by Crippen LogP contribution is -2.51. The molecule has 4 aliphatic heterocycles. The molecule has 0 aliphatic carbocycles. The summed E-state index contributed by atoms with van der Waals surface area (Å²) in [5.74, 6) is 0.692. The van der Waals surface area contributed by atoms with Crippen LogP contribution < -0.4 is 20.7 Å². The molecule has 15 nitrogen and oxygen atoms in total. The molecule has 3 N–H and O–H groups in total. The Labute approximate surface area is 338 Å². The van der Waals surface area contributed by atoms with Gasteiger partial charge in [0.1, 0.15) is 11.8 Å². The number of piperidine rings is 3. The quantitative estimate of drug-likeness (QED) is 0.168. The topological polar surface area (TPSA) is 176 Å². The Morgan fingerprint density at radius 2 is 1.74 bits per heavy atom. The Kier molecular flexibility index (Phi) is 12.4. The van der Waals surface area contributed by atoms with E-state index in [0.29, 0.717) is 31.2 Å². The second kappa shape index (κ2) is 17.8. The number of fused-ring (bicyclic) bond motifs is 2. The largest absolute Gasteiger partial charge is 0.490 e. The number of aryl methyl sites for hydroxylation is 1. The molecule has 306 valence electrons. The number of ether oxygens (including phenoxy) is 1. The maximum Gasteiger partial charge on any atom is 0.254 e. The summed E-state index contributed by atoms with van der Waals surface area (Å²) in [7, 11) is 0. The Morgan fingerprint density at radius 1 is 0.983 bits per heavy atom. The molecule has 0 bridgehead atoms. The van der Waals surface area contributed by atoms with Crippen LogP contribution in [0, 0.1) is 12.8 Å². The molecule has 0 radical (unpaired) electrons. The fourth-order valence-corrected chi connectivity index (χ4v) is 8.83. The summed E-state index contributed by atoms with van der Waals surface area (Å²) in [5, 5.41) is 6.86. The third-order valence-electron chi connectivity index (χ3n) is 11.9. The zero-order valence-electron chi connectivity index (χ0n) is 33.5. The maximum absolute atomic E-state index is 13.9. The van der Waals surface area contributed by atoms with Gasteiger partial charge in [-0.05, 0) is 106 Å². The average Bonchev–Trinajstić information content (AvgIpc) is 3.79. The Hall–Kier alpha value is -5.83. The van der Waals surface area contributed by atoms with Crippen molar-refractivity contribution in [2.24, 2.45) is 11.7 Å². The van der Waals surface area contributed by atoms with Gasteiger partial charge >= 0.3 is 0 Å². The van der Waals surface area contributed by atoms with E-state index in [-0.39, 0.29) is 36.8 Å². The van der Waals surface area contributed by atoms with Crippen molar-refractivity contribution in [3.63, 3.8) is 0 Å². The second-order valence-electron chi connectivity index (χ2n) is 16.0. The SMILES string of the molecule is Cc1ccc(N2CCC(CN3CCC(N4Cc5cc(-c6cnn7cccnc67)c(OC(C)C)cc5C4=O)CC3)CC2)cc1CN(C=O)C1CCC(=O)NC1=O.NC=O. The Bertz CT molecular complexity index is 2150. The third kappa shape index (κ3) is 8.69. The van der Waals surface area contributed by atoms with Crippen molar-refractivity contribution in [2.75, 3.05) is 37.6 Å². The van der Waals surface area contributed by atoms with Gasteiger partial charge in [-0.15, -0.1) is 0 Å². The number of rotatable bonds is 11. The number of nitrogens with one attached hydrogen (secondary N) is 1. The highest BCUT2D eigenvalue weighted by Crippen LogP contribution is 2.40. The highest BCUT2D eigenvalue weighted by atomic mass is 16.5. The number of carbonyl (C=O) groups is 5. The van der Waals surface area contributed by atoms with E-state index in [1.54, 1.807) is 10.7 Å². The molecule has 58 heavy (non-hydrogen) atoms. The lowest BCUT2D eigenvalue weighted by molar-refractivity contribution is -0.141. The number of carbonyl (C=O) groups excluding carboxylic acids is 5. The van der Waals surface area contributed by atoms with Crippen LogP contribution in [0.5, 0.6) is 5.75 Å². The van der Waals surface area contributed by atoms with Crippen LogP contribution in [0.2, 0.25) is 0 Å². The van der Waals surface area contributed by atoms with E-state index in [0.717, 1.165) is 110 Å². The van der Waals surface area contributed by atoms with E-state index in [1.807, 2.05) is 45.3 Å². The number of benzene rings is 2. The number of imide groups is 1. The predicted molar refractivity (Wildman–Crippen MR) is 218 cm³/mol. The van der Waals surface area contributed by atoms with Gasteiger partial charge in [-0.25, -0.2) is 9.50 Å². The van der Waals surface area contributed by atoms with Crippen molar-refractivity contribution >= 4 is 41.9 Å². The summed E-state index contributed by atoms with van der Waals surface area (Å²) in [6.07, 6.45) is 11.1. The van der Waals surface area contributed by atoms with Crippen molar-refractivity contribution in [1.29, 1.82) is 0 Å². The maximum atomic E-state index is 13.9. The smallest absolute Gasteiger partial charge is 0.254 e. The van der Waals surface area contributed by atoms with E-state index in [1.165, 1.54) is 4.90 Å². The predicted octanol–water partition coefficient (Wildman–Crippen LogP) is 3.69. The van der Waals surface area contributed by atoms with Gasteiger partial charge in [0.2, 0.25) is 24.6 Å². The fourth-order valence-electron chi connectivity index (χ4n) is 8.83. The van der Waals surface area contributed by atoms with Gasteiger partial charge in [-0.1, -0.05) is 6.07 Å². The molecular formula is C43H53N9O6. The lowest BCUT2D eigenvalue weighted by Gasteiger charge is -2.40. The zero-order valence-corrected chi connectivity index (χ0v) is 33.5. The normalized spacial score (nSPS) is 19.2. The van der Waals surface area contributed by atoms with Gasteiger partial charge < -0.3 is 30.1 Å². The number of anilines is 1. The van der Waals surface area contributed by atoms with Crippen LogP contribution in [-0.4, -0.2) is 111 Å². The molecule has 6 heterocycles. The molecule has 4 aliphatic rings. The monoisotopic (exact) mass is 791 g/mol. The minimum Gasteiger partial charge on any atom is -0.490 e. The highest BCUT2D eigenvalue weighted by Gasteiger charge is 2.37. The number of aromatic nitrogens is 3. The summed E-state index contributed by atoms with van der Waals surface area (Å²) in [6, 6.07) is 11.9. The molecule has 5 amide bonds. The van der Waals surface area contributed by atoms with Crippen molar-refractivity contribution in [3.05, 3.63) is 77.2 Å². The minimum absolute atomic E-state index is 0.0505. The highest BCUT2D eigenvalue weighted by molar-refractivity contribution is 6.01. The first-order valence-corrected chi connectivity index (χ1v) is 20.3. The van der Waals surface area contributed by atoms with Gasteiger partial charge in [0, 0.05) is 87.5 Å². The average molecular weight is 792 g/mol. The first-order valence-electron chi connectivity index (χ1n) is 20.3. The zero-order chi connectivity index (χ0) is 40.9. The number of nitrogens with zero attached hydrogens (tertiary/aromatic N) is 7. The van der Waals surface area contributed by atoms with E-state index in [9.17, 15) is 19.2 Å². The summed E-state index contributed by atoms with van der Waals surface area (Å²) < 4.78 is 8.03. The van der Waals surface area contributed by atoms with Crippen molar-refractivity contribution in [2.45, 2.75) is 90.6 Å². The van der Waals surface area contributed by atoms with Gasteiger partial charge in [0.05, 0.1) is 17.9 Å². The molecular weight excluding hydrogens is 739 g/mol. The second-order valence-corrected chi connectivity index (χ2v) is 16.0. The molecule has 0 saturated carbocycles. The summed E-state index contributed by atoms with van der Waals surface area (Å²) >= 11 is 0. The van der Waals surface area contributed by atoms with Crippen LogP contribution in [0.25, 0.3) is 16.8 Å². The summed E-state index contributed by atoms with van der Waals surface area (Å²) in [6.45, 7) is 11.9. The van der Waals surface area contributed by atoms with E-state index in [4.69, 9.17) is 9.53 Å². The molecule has 0 spiro atoms. The molecule has 1 atom stereocenters. The van der Waals surface area contributed by atoms with Crippen molar-refractivity contribution < 1.29 is 28.7 Å². The van der Waals surface area contributed by atoms with Crippen molar-refractivity contribution in [3.8, 4) is 16.9 Å².